The molecule has 4 unspecified atom stereocenters. The fourth-order valence-corrected chi connectivity index (χ4v) is 5.15. The van der Waals surface area contributed by atoms with E-state index >= 15 is 0 Å². The average molecular weight is 359 g/mol. The molecule has 4 atom stereocenters. The fraction of sp³-hybridized carbons (Fsp3) is 0.474. The Kier molecular flexibility index (Phi) is 3.44. The lowest BCUT2D eigenvalue weighted by molar-refractivity contribution is -0.123. The van der Waals surface area contributed by atoms with Crippen LogP contribution in [0.1, 0.15) is 6.42 Å². The first-order valence-electron chi connectivity index (χ1n) is 8.83. The number of nitrogens with zero attached hydrogens (tertiary/aromatic N) is 2. The Morgan fingerprint density at radius 2 is 1.64 bits per heavy atom. The lowest BCUT2D eigenvalue weighted by Crippen LogP contribution is -2.36. The first kappa shape index (κ1) is 15.4. The van der Waals surface area contributed by atoms with Gasteiger partial charge in [-0.15, -0.1) is 0 Å². The van der Waals surface area contributed by atoms with Crippen LogP contribution in [-0.2, 0) is 14.3 Å². The second kappa shape index (κ2) is 5.58. The number of hydrogen-bond acceptors (Lipinski definition) is 4. The number of amides is 2. The van der Waals surface area contributed by atoms with E-state index in [1.54, 1.807) is 6.07 Å². The van der Waals surface area contributed by atoms with Crippen molar-refractivity contribution in [3.05, 3.63) is 35.4 Å². The number of carbonyl (C=O) groups excluding carboxylic acids is 2. The standard InChI is InChI=1S/C19H19ClN2O3/c20-14-10-13(3-4-15(14)21-5-7-25-8-6-21)22-18(23)16-11-1-2-12(9-11)17(16)19(22)24/h1-4,10-12,16-17H,5-9H2. The van der Waals surface area contributed by atoms with Gasteiger partial charge in [-0.25, -0.2) is 4.90 Å². The van der Waals surface area contributed by atoms with Crippen LogP contribution in [0.2, 0.25) is 5.02 Å². The van der Waals surface area contributed by atoms with Crippen LogP contribution in [0.4, 0.5) is 11.4 Å². The normalized spacial score (nSPS) is 33.5. The number of carbonyl (C=O) groups is 2. The van der Waals surface area contributed by atoms with Crippen LogP contribution in [0.25, 0.3) is 0 Å². The Labute approximate surface area is 151 Å². The van der Waals surface area contributed by atoms with E-state index in [9.17, 15) is 9.59 Å². The van der Waals surface area contributed by atoms with Crippen molar-refractivity contribution in [1.82, 2.24) is 0 Å². The summed E-state index contributed by atoms with van der Waals surface area (Å²) in [4.78, 5) is 29.3. The summed E-state index contributed by atoms with van der Waals surface area (Å²) < 4.78 is 5.37. The molecule has 4 aliphatic rings. The van der Waals surface area contributed by atoms with Crippen molar-refractivity contribution in [3.63, 3.8) is 0 Å². The minimum Gasteiger partial charge on any atom is -0.378 e. The molecule has 25 heavy (non-hydrogen) atoms. The second-order valence-electron chi connectivity index (χ2n) is 7.25. The minimum absolute atomic E-state index is 0.0676. The Hall–Kier alpha value is -1.85. The molecule has 5 rings (SSSR count). The van der Waals surface area contributed by atoms with E-state index < -0.39 is 0 Å². The van der Waals surface area contributed by atoms with Gasteiger partial charge in [0.15, 0.2) is 0 Å². The lowest BCUT2D eigenvalue weighted by Gasteiger charge is -2.30. The van der Waals surface area contributed by atoms with E-state index in [2.05, 4.69) is 17.1 Å². The maximum Gasteiger partial charge on any atom is 0.238 e. The Balaban J connectivity index is 1.45. The molecule has 0 radical (unpaired) electrons. The van der Waals surface area contributed by atoms with Crippen LogP contribution < -0.4 is 9.80 Å². The average Bonchev–Trinajstić information content (AvgIpc) is 3.30. The number of fused-ring (bicyclic) bond motifs is 5. The predicted octanol–water partition coefficient (Wildman–Crippen LogP) is 2.49. The van der Waals surface area contributed by atoms with Crippen LogP contribution >= 0.6 is 11.6 Å². The third-order valence-corrected chi connectivity index (χ3v) is 6.31. The number of allylic oxidation sites excluding steroid dienone is 2. The van der Waals surface area contributed by atoms with Gasteiger partial charge in [0.05, 0.1) is 41.4 Å². The highest BCUT2D eigenvalue weighted by molar-refractivity contribution is 6.34. The minimum atomic E-state index is -0.180. The smallest absolute Gasteiger partial charge is 0.238 e. The number of morpholine rings is 1. The van der Waals surface area contributed by atoms with Crippen molar-refractivity contribution < 1.29 is 14.3 Å². The highest BCUT2D eigenvalue weighted by Crippen LogP contribution is 2.53. The summed E-state index contributed by atoms with van der Waals surface area (Å²) in [5.41, 5.74) is 1.51. The zero-order valence-corrected chi connectivity index (χ0v) is 14.5. The van der Waals surface area contributed by atoms with Gasteiger partial charge in [-0.2, -0.15) is 0 Å². The van der Waals surface area contributed by atoms with Crippen LogP contribution in [0, 0.1) is 23.7 Å². The number of benzene rings is 1. The number of ether oxygens (including phenoxy) is 1. The molecule has 2 saturated heterocycles. The highest BCUT2D eigenvalue weighted by atomic mass is 35.5. The monoisotopic (exact) mass is 358 g/mol. The summed E-state index contributed by atoms with van der Waals surface area (Å²) in [7, 11) is 0. The predicted molar refractivity (Wildman–Crippen MR) is 94.7 cm³/mol. The van der Waals surface area contributed by atoms with Crippen molar-refractivity contribution in [2.45, 2.75) is 6.42 Å². The van der Waals surface area contributed by atoms with Crippen molar-refractivity contribution in [3.8, 4) is 0 Å². The molecule has 1 aromatic carbocycles. The van der Waals surface area contributed by atoms with E-state index in [0.717, 1.165) is 25.2 Å². The number of hydrogen-bond donors (Lipinski definition) is 0. The van der Waals surface area contributed by atoms with Crippen LogP contribution in [0.5, 0.6) is 0 Å². The van der Waals surface area contributed by atoms with Gasteiger partial charge in [0.1, 0.15) is 0 Å². The van der Waals surface area contributed by atoms with Crippen molar-refractivity contribution in [1.29, 1.82) is 0 Å². The fourth-order valence-electron chi connectivity index (χ4n) is 4.85. The van der Waals surface area contributed by atoms with Gasteiger partial charge < -0.3 is 9.64 Å². The molecule has 2 bridgehead atoms. The van der Waals surface area contributed by atoms with E-state index in [1.165, 1.54) is 4.90 Å². The SMILES string of the molecule is O=C1C2C3C=CC(C3)C2C(=O)N1c1ccc(N2CCOCC2)c(Cl)c1. The Morgan fingerprint density at radius 3 is 2.24 bits per heavy atom. The molecular weight excluding hydrogens is 340 g/mol. The molecule has 2 amide bonds. The molecule has 0 N–H and O–H groups in total. The summed E-state index contributed by atoms with van der Waals surface area (Å²) in [6.07, 6.45) is 5.15. The summed E-state index contributed by atoms with van der Waals surface area (Å²) in [5.74, 6) is -0.0523. The van der Waals surface area contributed by atoms with Gasteiger partial charge in [-0.3, -0.25) is 9.59 Å². The van der Waals surface area contributed by atoms with E-state index in [-0.39, 0.29) is 35.5 Å². The molecule has 2 aliphatic heterocycles. The van der Waals surface area contributed by atoms with Crippen molar-refractivity contribution in [2.24, 2.45) is 23.7 Å². The summed E-state index contributed by atoms with van der Waals surface area (Å²) >= 11 is 6.48. The zero-order chi connectivity index (χ0) is 17.1. The maximum absolute atomic E-state index is 12.9. The molecule has 0 aromatic heterocycles. The van der Waals surface area contributed by atoms with Gasteiger partial charge in [0.2, 0.25) is 11.8 Å². The van der Waals surface area contributed by atoms with Crippen molar-refractivity contribution >= 4 is 34.8 Å². The first-order valence-corrected chi connectivity index (χ1v) is 9.21. The molecule has 3 fully saturated rings. The third kappa shape index (κ3) is 2.19. The largest absolute Gasteiger partial charge is 0.378 e. The third-order valence-electron chi connectivity index (χ3n) is 6.01. The van der Waals surface area contributed by atoms with E-state index in [4.69, 9.17) is 16.3 Å². The number of anilines is 2. The second-order valence-corrected chi connectivity index (χ2v) is 7.65. The highest BCUT2D eigenvalue weighted by Gasteiger charge is 2.59. The molecule has 1 aromatic rings. The first-order chi connectivity index (χ1) is 12.1. The van der Waals surface area contributed by atoms with Crippen LogP contribution in [0.15, 0.2) is 30.4 Å². The van der Waals surface area contributed by atoms with Crippen molar-refractivity contribution in [2.75, 3.05) is 36.1 Å². The molecule has 2 aliphatic carbocycles. The van der Waals surface area contributed by atoms with Gasteiger partial charge in [0, 0.05) is 13.1 Å². The topological polar surface area (TPSA) is 49.9 Å². The van der Waals surface area contributed by atoms with E-state index in [1.807, 2.05) is 12.1 Å². The lowest BCUT2D eigenvalue weighted by atomic mass is 9.85. The summed E-state index contributed by atoms with van der Waals surface area (Å²) in [6.45, 7) is 2.94. The number of rotatable bonds is 2. The van der Waals surface area contributed by atoms with Gasteiger partial charge in [-0.05, 0) is 36.5 Å². The summed E-state index contributed by atoms with van der Waals surface area (Å²) in [6, 6.07) is 5.49. The molecular formula is C19H19ClN2O3. The molecule has 0 spiro atoms. The number of halogens is 1. The maximum atomic E-state index is 12.9. The molecule has 2 heterocycles. The number of imide groups is 1. The Bertz CT molecular complexity index is 757. The zero-order valence-electron chi connectivity index (χ0n) is 13.7. The van der Waals surface area contributed by atoms with Crippen LogP contribution in [0.3, 0.4) is 0 Å². The van der Waals surface area contributed by atoms with Gasteiger partial charge in [0.25, 0.3) is 0 Å². The molecule has 1 saturated carbocycles. The molecule has 6 heteroatoms. The van der Waals surface area contributed by atoms with Gasteiger partial charge in [-0.1, -0.05) is 23.8 Å². The summed E-state index contributed by atoms with van der Waals surface area (Å²) in [5, 5.41) is 0.568. The Morgan fingerprint density at radius 1 is 1.00 bits per heavy atom. The molecule has 5 nitrogen and oxygen atoms in total. The van der Waals surface area contributed by atoms with Gasteiger partial charge >= 0.3 is 0 Å². The van der Waals surface area contributed by atoms with Crippen LogP contribution in [-0.4, -0.2) is 38.1 Å². The molecule has 130 valence electrons. The quantitative estimate of drug-likeness (QED) is 0.602. The van der Waals surface area contributed by atoms with E-state index in [0.29, 0.717) is 23.9 Å².